The molecule has 5 rings (SSSR count). The van der Waals surface area contributed by atoms with E-state index in [0.717, 1.165) is 61.3 Å². The molecule has 1 amide bonds. The van der Waals surface area contributed by atoms with Crippen molar-refractivity contribution < 1.29 is 9.32 Å². The van der Waals surface area contributed by atoms with Gasteiger partial charge >= 0.3 is 0 Å². The van der Waals surface area contributed by atoms with Gasteiger partial charge in [-0.15, -0.1) is 0 Å². The summed E-state index contributed by atoms with van der Waals surface area (Å²) >= 11 is 0. The van der Waals surface area contributed by atoms with Crippen LogP contribution in [0.25, 0.3) is 11.0 Å². The molecule has 1 unspecified atom stereocenters. The van der Waals surface area contributed by atoms with Crippen LogP contribution in [0.4, 0.5) is 0 Å². The summed E-state index contributed by atoms with van der Waals surface area (Å²) in [6.45, 7) is 6.70. The number of likely N-dealkylation sites (tertiary alicyclic amines) is 2. The lowest BCUT2D eigenvalue weighted by Crippen LogP contribution is -2.44. The number of hydrogen-bond acceptors (Lipinski definition) is 6. The summed E-state index contributed by atoms with van der Waals surface area (Å²) in [6, 6.07) is 5.86. The fourth-order valence-corrected chi connectivity index (χ4v) is 4.97. The third-order valence-electron chi connectivity index (χ3n) is 6.77. The number of fused-ring (bicyclic) bond motifs is 1. The van der Waals surface area contributed by atoms with Gasteiger partial charge in [-0.2, -0.15) is 4.98 Å². The Morgan fingerprint density at radius 1 is 1.30 bits per heavy atom. The van der Waals surface area contributed by atoms with E-state index >= 15 is 0 Å². The highest BCUT2D eigenvalue weighted by molar-refractivity contribution is 5.97. The van der Waals surface area contributed by atoms with E-state index in [-0.39, 0.29) is 23.3 Å². The van der Waals surface area contributed by atoms with Gasteiger partial charge in [0.15, 0.2) is 5.82 Å². The molecule has 2 aliphatic rings. The number of benzene rings is 1. The lowest BCUT2D eigenvalue weighted by atomic mass is 9.76. The largest absolute Gasteiger partial charge is 0.345 e. The molecule has 3 aromatic rings. The Hall–Kier alpha value is -2.74. The molecule has 0 bridgehead atoms. The third-order valence-corrected chi connectivity index (χ3v) is 6.77. The van der Waals surface area contributed by atoms with E-state index in [4.69, 9.17) is 4.52 Å². The van der Waals surface area contributed by atoms with E-state index < -0.39 is 0 Å². The Morgan fingerprint density at radius 2 is 2.10 bits per heavy atom. The van der Waals surface area contributed by atoms with Gasteiger partial charge in [-0.1, -0.05) is 19.0 Å². The van der Waals surface area contributed by atoms with Crippen LogP contribution in [0.3, 0.4) is 0 Å². The van der Waals surface area contributed by atoms with Crippen LogP contribution in [0.1, 0.15) is 67.1 Å². The number of aromatic amines is 1. The van der Waals surface area contributed by atoms with Gasteiger partial charge in [0.2, 0.25) is 5.89 Å². The summed E-state index contributed by atoms with van der Waals surface area (Å²) in [7, 11) is 2.14. The average molecular weight is 409 g/mol. The zero-order valence-electron chi connectivity index (χ0n) is 17.8. The molecule has 1 spiro atoms. The van der Waals surface area contributed by atoms with Crippen molar-refractivity contribution >= 4 is 16.9 Å². The lowest BCUT2D eigenvalue weighted by molar-refractivity contribution is 0.0593. The van der Waals surface area contributed by atoms with Gasteiger partial charge in [0.1, 0.15) is 0 Å². The molecule has 0 saturated carbocycles. The van der Waals surface area contributed by atoms with Crippen LogP contribution < -0.4 is 0 Å². The molecule has 4 heterocycles. The fourth-order valence-electron chi connectivity index (χ4n) is 4.97. The Balaban J connectivity index is 1.26. The minimum absolute atomic E-state index is 0.101. The van der Waals surface area contributed by atoms with E-state index in [1.165, 1.54) is 0 Å². The van der Waals surface area contributed by atoms with Gasteiger partial charge in [-0.25, -0.2) is 4.98 Å². The third kappa shape index (κ3) is 3.29. The number of nitrogens with zero attached hydrogens (tertiary/aromatic N) is 5. The number of aromatic nitrogens is 4. The van der Waals surface area contributed by atoms with Crippen molar-refractivity contribution in [3.8, 4) is 0 Å². The molecule has 2 saturated heterocycles. The fraction of sp³-hybridized carbons (Fsp3) is 0.545. The van der Waals surface area contributed by atoms with Gasteiger partial charge in [0, 0.05) is 31.1 Å². The molecule has 1 aromatic carbocycles. The Labute approximate surface area is 175 Å². The van der Waals surface area contributed by atoms with Crippen molar-refractivity contribution in [3.63, 3.8) is 0 Å². The molecule has 0 aliphatic carbocycles. The van der Waals surface area contributed by atoms with Crippen LogP contribution in [0, 0.1) is 5.41 Å². The van der Waals surface area contributed by atoms with Crippen LogP contribution in [0.2, 0.25) is 0 Å². The summed E-state index contributed by atoms with van der Waals surface area (Å²) in [6.07, 6.45) is 4.68. The molecule has 0 radical (unpaired) electrons. The standard InChI is InChI=1S/C22H28N6O2/c1-14(2)20-25-19(26-30-20)18-11-22(12-27(18)3)6-8-28(9-7-22)21(29)15-4-5-16-17(10-15)24-13-23-16/h4-5,10,13-14,18H,6-9,11-12H2,1-3H3,(H,23,24). The maximum absolute atomic E-state index is 13.0. The highest BCUT2D eigenvalue weighted by Gasteiger charge is 2.46. The topological polar surface area (TPSA) is 91.2 Å². The van der Waals surface area contributed by atoms with Crippen molar-refractivity contribution in [2.75, 3.05) is 26.7 Å². The molecule has 8 nitrogen and oxygen atoms in total. The normalized spacial score (nSPS) is 21.9. The second-order valence-electron chi connectivity index (χ2n) is 9.21. The lowest BCUT2D eigenvalue weighted by Gasteiger charge is -2.39. The summed E-state index contributed by atoms with van der Waals surface area (Å²) in [4.78, 5) is 29.3. The second-order valence-corrected chi connectivity index (χ2v) is 9.21. The van der Waals surface area contributed by atoms with E-state index in [2.05, 4.69) is 45.9 Å². The zero-order chi connectivity index (χ0) is 20.9. The molecule has 1 N–H and O–H groups in total. The van der Waals surface area contributed by atoms with Crippen molar-refractivity contribution in [2.45, 2.75) is 45.1 Å². The zero-order valence-corrected chi connectivity index (χ0v) is 17.8. The summed E-state index contributed by atoms with van der Waals surface area (Å²) < 4.78 is 5.44. The first-order valence-corrected chi connectivity index (χ1v) is 10.7. The van der Waals surface area contributed by atoms with Gasteiger partial charge in [0.05, 0.1) is 23.4 Å². The monoisotopic (exact) mass is 408 g/mol. The maximum atomic E-state index is 13.0. The van der Waals surface area contributed by atoms with Crippen LogP contribution in [0.5, 0.6) is 0 Å². The van der Waals surface area contributed by atoms with Crippen molar-refractivity contribution in [3.05, 3.63) is 41.8 Å². The van der Waals surface area contributed by atoms with Crippen LogP contribution in [0.15, 0.2) is 29.0 Å². The predicted molar refractivity (Wildman–Crippen MR) is 112 cm³/mol. The van der Waals surface area contributed by atoms with Crippen LogP contribution in [-0.4, -0.2) is 62.5 Å². The summed E-state index contributed by atoms with van der Waals surface area (Å²) in [5.41, 5.74) is 2.71. The number of rotatable bonds is 3. The Morgan fingerprint density at radius 3 is 2.83 bits per heavy atom. The molecule has 8 heteroatoms. The molecule has 158 valence electrons. The van der Waals surface area contributed by atoms with E-state index in [1.807, 2.05) is 23.1 Å². The molecular formula is C22H28N6O2. The first-order valence-electron chi connectivity index (χ1n) is 10.7. The first kappa shape index (κ1) is 19.2. The molecule has 30 heavy (non-hydrogen) atoms. The van der Waals surface area contributed by atoms with E-state index in [0.29, 0.717) is 5.89 Å². The summed E-state index contributed by atoms with van der Waals surface area (Å²) in [5.74, 6) is 1.84. The van der Waals surface area contributed by atoms with Gasteiger partial charge in [-0.05, 0) is 49.9 Å². The molecular weight excluding hydrogens is 380 g/mol. The minimum Gasteiger partial charge on any atom is -0.345 e. The summed E-state index contributed by atoms with van der Waals surface area (Å²) in [5, 5.41) is 4.25. The molecule has 2 aliphatic heterocycles. The van der Waals surface area contributed by atoms with Crippen molar-refractivity contribution in [1.82, 2.24) is 29.9 Å². The van der Waals surface area contributed by atoms with E-state index in [9.17, 15) is 4.79 Å². The number of nitrogens with one attached hydrogen (secondary N) is 1. The first-order chi connectivity index (χ1) is 14.4. The number of carbonyl (C=O) groups is 1. The molecule has 2 aromatic heterocycles. The van der Waals surface area contributed by atoms with Crippen LogP contribution in [-0.2, 0) is 0 Å². The van der Waals surface area contributed by atoms with Gasteiger partial charge < -0.3 is 14.4 Å². The van der Waals surface area contributed by atoms with Crippen molar-refractivity contribution in [1.29, 1.82) is 0 Å². The number of imidazole rings is 1. The number of carbonyl (C=O) groups excluding carboxylic acids is 1. The quantitative estimate of drug-likeness (QED) is 0.714. The molecule has 1 atom stereocenters. The second kappa shape index (κ2) is 7.19. The number of hydrogen-bond donors (Lipinski definition) is 1. The van der Waals surface area contributed by atoms with Crippen LogP contribution >= 0.6 is 0 Å². The maximum Gasteiger partial charge on any atom is 0.253 e. The van der Waals surface area contributed by atoms with E-state index in [1.54, 1.807) is 6.33 Å². The van der Waals surface area contributed by atoms with Gasteiger partial charge in [-0.3, -0.25) is 9.69 Å². The SMILES string of the molecule is CC(C)c1nc(C2CC3(CCN(C(=O)c4ccc5nc[nH]c5c4)CC3)CN2C)no1. The highest BCUT2D eigenvalue weighted by Crippen LogP contribution is 2.47. The Kier molecular flexibility index (Phi) is 4.61. The molecule has 2 fully saturated rings. The number of piperidine rings is 1. The minimum atomic E-state index is 0.101. The smallest absolute Gasteiger partial charge is 0.253 e. The number of H-pyrrole nitrogens is 1. The predicted octanol–water partition coefficient (Wildman–Crippen LogP) is 3.37. The Bertz CT molecular complexity index is 1060. The highest BCUT2D eigenvalue weighted by atomic mass is 16.5. The van der Waals surface area contributed by atoms with Gasteiger partial charge in [0.25, 0.3) is 5.91 Å². The average Bonchev–Trinajstić information content (AvgIpc) is 3.46. The van der Waals surface area contributed by atoms with Crippen molar-refractivity contribution in [2.24, 2.45) is 5.41 Å². The number of amides is 1.